The van der Waals surface area contributed by atoms with Gasteiger partial charge in [0, 0.05) is 0 Å². The highest BCUT2D eigenvalue weighted by molar-refractivity contribution is 6.74. The lowest BCUT2D eigenvalue weighted by Crippen LogP contribution is -2.27. The molecule has 0 atom stereocenters. The SMILES string of the molecule is C[Si](C)c1ccc2c([Si])c(OCc3ccc(COc4ccc5cc([Si](C)C)ccc5c4[Si](C)C)cc3)ccc2c1. The third-order valence-electron chi connectivity index (χ3n) is 7.43. The Kier molecular flexibility index (Phi) is 8.80. The quantitative estimate of drug-likeness (QED) is 0.202. The van der Waals surface area contributed by atoms with Gasteiger partial charge in [0.2, 0.25) is 0 Å². The minimum absolute atomic E-state index is 0.463. The van der Waals surface area contributed by atoms with Crippen LogP contribution in [0.3, 0.4) is 0 Å². The lowest BCUT2D eigenvalue weighted by Gasteiger charge is -2.17. The van der Waals surface area contributed by atoms with Crippen LogP contribution in [0.25, 0.3) is 21.5 Å². The number of ether oxygens (including phenoxy) is 2. The van der Waals surface area contributed by atoms with Gasteiger partial charge in [0.05, 0.1) is 36.6 Å². The van der Waals surface area contributed by atoms with Crippen LogP contribution in [0.1, 0.15) is 11.1 Å². The van der Waals surface area contributed by atoms with Crippen LogP contribution in [0, 0.1) is 0 Å². The van der Waals surface area contributed by atoms with E-state index in [1.165, 1.54) is 37.1 Å². The summed E-state index contributed by atoms with van der Waals surface area (Å²) >= 11 is 0. The van der Waals surface area contributed by atoms with E-state index in [4.69, 9.17) is 9.47 Å². The molecule has 0 aromatic heterocycles. The van der Waals surface area contributed by atoms with Crippen molar-refractivity contribution in [3.8, 4) is 11.5 Å². The van der Waals surface area contributed by atoms with E-state index in [1.807, 2.05) is 0 Å². The molecule has 6 radical (unpaired) electrons. The minimum atomic E-state index is -0.702. The maximum Gasteiger partial charge on any atom is 0.119 e. The molecular formula is C34H36O2Si4. The van der Waals surface area contributed by atoms with Gasteiger partial charge in [0.1, 0.15) is 24.7 Å². The Morgan fingerprint density at radius 3 is 1.52 bits per heavy atom. The predicted octanol–water partition coefficient (Wildman–Crippen LogP) is 5.83. The van der Waals surface area contributed by atoms with Crippen molar-refractivity contribution < 1.29 is 9.47 Å². The van der Waals surface area contributed by atoms with E-state index >= 15 is 0 Å². The van der Waals surface area contributed by atoms with Crippen LogP contribution in [-0.4, -0.2) is 36.6 Å². The van der Waals surface area contributed by atoms with E-state index in [2.05, 4.69) is 134 Å². The largest absolute Gasteiger partial charge is 0.489 e. The molecule has 5 rings (SSSR count). The molecule has 5 aromatic rings. The first kappa shape index (κ1) is 28.6. The third-order valence-corrected chi connectivity index (χ3v) is 12.4. The Bertz CT molecular complexity index is 1640. The van der Waals surface area contributed by atoms with Crippen molar-refractivity contribution in [2.24, 2.45) is 0 Å². The molecule has 2 nitrogen and oxygen atoms in total. The standard InChI is InChI=1S/C34H36O2Si4/c1-38(2)27-13-15-29-25(19-27)11-17-31(33(29)37)35-21-23-7-9-24(10-8-23)22-36-32-18-12-26-20-28(39(3)4)14-16-30(26)34(32)40(5)6/h7-20H,21-22H2,1-6H3. The second-order valence-corrected chi connectivity index (χ2v) is 19.3. The second-order valence-electron chi connectivity index (χ2n) is 11.1. The lowest BCUT2D eigenvalue weighted by molar-refractivity contribution is 0.305. The zero-order chi connectivity index (χ0) is 28.4. The van der Waals surface area contributed by atoms with Gasteiger partial charge in [-0.1, -0.05) is 122 Å². The van der Waals surface area contributed by atoms with Crippen LogP contribution in [0.4, 0.5) is 0 Å². The number of fused-ring (bicyclic) bond motifs is 2. The first-order valence-corrected chi connectivity index (χ1v) is 21.8. The van der Waals surface area contributed by atoms with Gasteiger partial charge in [0.15, 0.2) is 0 Å². The predicted molar refractivity (Wildman–Crippen MR) is 180 cm³/mol. The number of hydrogen-bond acceptors (Lipinski definition) is 2. The third kappa shape index (κ3) is 6.20. The molecule has 5 aromatic carbocycles. The Labute approximate surface area is 247 Å². The summed E-state index contributed by atoms with van der Waals surface area (Å²) in [4.78, 5) is 0. The first-order chi connectivity index (χ1) is 19.2. The van der Waals surface area contributed by atoms with Gasteiger partial charge < -0.3 is 9.47 Å². The average Bonchev–Trinajstić information content (AvgIpc) is 2.95. The van der Waals surface area contributed by atoms with Crippen LogP contribution in [-0.2, 0) is 13.2 Å². The van der Waals surface area contributed by atoms with Gasteiger partial charge >= 0.3 is 0 Å². The molecular weight excluding hydrogens is 553 g/mol. The van der Waals surface area contributed by atoms with Crippen LogP contribution in [0.15, 0.2) is 84.9 Å². The van der Waals surface area contributed by atoms with Gasteiger partial charge in [-0.15, -0.1) is 0 Å². The molecule has 0 aliphatic heterocycles. The van der Waals surface area contributed by atoms with Crippen molar-refractivity contribution in [3.63, 3.8) is 0 Å². The normalized spacial score (nSPS) is 11.8. The molecule has 0 amide bonds. The fourth-order valence-electron chi connectivity index (χ4n) is 5.05. The molecule has 0 saturated carbocycles. The summed E-state index contributed by atoms with van der Waals surface area (Å²) in [5.41, 5.74) is 2.29. The van der Waals surface area contributed by atoms with Crippen molar-refractivity contribution in [3.05, 3.63) is 96.1 Å². The Morgan fingerprint density at radius 1 is 0.525 bits per heavy atom. The van der Waals surface area contributed by atoms with Crippen molar-refractivity contribution >= 4 is 78.9 Å². The van der Waals surface area contributed by atoms with E-state index in [-0.39, 0.29) is 0 Å². The molecule has 0 N–H and O–H groups in total. The Balaban J connectivity index is 1.25. The van der Waals surface area contributed by atoms with Crippen LogP contribution < -0.4 is 30.2 Å². The van der Waals surface area contributed by atoms with Crippen molar-refractivity contribution in [1.82, 2.24) is 0 Å². The smallest absolute Gasteiger partial charge is 0.119 e. The summed E-state index contributed by atoms with van der Waals surface area (Å²) < 4.78 is 12.6. The Morgan fingerprint density at radius 2 is 1.00 bits per heavy atom. The highest BCUT2D eigenvalue weighted by Crippen LogP contribution is 2.22. The van der Waals surface area contributed by atoms with Gasteiger partial charge in [0.25, 0.3) is 0 Å². The summed E-state index contributed by atoms with van der Waals surface area (Å²) in [6.07, 6.45) is 0. The summed E-state index contributed by atoms with van der Waals surface area (Å²) in [6.45, 7) is 15.1. The molecule has 0 bridgehead atoms. The summed E-state index contributed by atoms with van der Waals surface area (Å²) in [6, 6.07) is 31.0. The number of rotatable bonds is 9. The van der Waals surface area contributed by atoms with E-state index in [0.29, 0.717) is 13.2 Å². The molecule has 0 saturated heterocycles. The van der Waals surface area contributed by atoms with Gasteiger partial charge in [-0.2, -0.15) is 0 Å². The number of benzene rings is 5. The molecule has 6 heteroatoms. The molecule has 40 heavy (non-hydrogen) atoms. The summed E-state index contributed by atoms with van der Waals surface area (Å²) in [7, 11) is 2.21. The molecule has 0 heterocycles. The van der Waals surface area contributed by atoms with Crippen molar-refractivity contribution in [2.45, 2.75) is 52.5 Å². The fourth-order valence-corrected chi connectivity index (χ4v) is 8.57. The average molecular weight is 589 g/mol. The second kappa shape index (κ2) is 12.3. The van der Waals surface area contributed by atoms with Gasteiger partial charge in [-0.25, -0.2) is 0 Å². The van der Waals surface area contributed by atoms with E-state index in [1.54, 1.807) is 0 Å². The highest BCUT2D eigenvalue weighted by atomic mass is 28.3. The van der Waals surface area contributed by atoms with Crippen molar-refractivity contribution in [1.29, 1.82) is 0 Å². The van der Waals surface area contributed by atoms with Crippen LogP contribution in [0.5, 0.6) is 11.5 Å². The Hall–Kier alpha value is -2.91. The first-order valence-electron chi connectivity index (χ1n) is 13.8. The van der Waals surface area contributed by atoms with Crippen molar-refractivity contribution in [2.75, 3.05) is 0 Å². The topological polar surface area (TPSA) is 18.5 Å². The minimum Gasteiger partial charge on any atom is -0.489 e. The van der Waals surface area contributed by atoms with E-state index < -0.39 is 26.4 Å². The zero-order valence-electron chi connectivity index (χ0n) is 24.3. The van der Waals surface area contributed by atoms with Crippen LogP contribution in [0.2, 0.25) is 39.3 Å². The molecule has 0 aliphatic rings. The lowest BCUT2D eigenvalue weighted by atomic mass is 10.1. The maximum atomic E-state index is 6.42. The number of hydrogen-bond donors (Lipinski definition) is 0. The maximum absolute atomic E-state index is 6.42. The molecule has 0 spiro atoms. The van der Waals surface area contributed by atoms with Gasteiger partial charge in [-0.05, 0) is 55.2 Å². The molecule has 0 aliphatic carbocycles. The van der Waals surface area contributed by atoms with E-state index in [9.17, 15) is 0 Å². The van der Waals surface area contributed by atoms with Gasteiger partial charge in [-0.3, -0.25) is 0 Å². The zero-order valence-corrected chi connectivity index (χ0v) is 28.3. The van der Waals surface area contributed by atoms with E-state index in [0.717, 1.165) is 27.8 Å². The molecule has 0 fully saturated rings. The van der Waals surface area contributed by atoms with Crippen LogP contribution >= 0.6 is 0 Å². The summed E-state index contributed by atoms with van der Waals surface area (Å²) in [5.74, 6) is 1.89. The molecule has 200 valence electrons. The fraction of sp³-hybridized carbons (Fsp3) is 0.235. The highest BCUT2D eigenvalue weighted by Gasteiger charge is 2.15. The summed E-state index contributed by atoms with van der Waals surface area (Å²) in [5, 5.41) is 10.5. The monoisotopic (exact) mass is 588 g/mol. The molecule has 0 unspecified atom stereocenters.